The fourth-order valence-corrected chi connectivity index (χ4v) is 5.02. The van der Waals surface area contributed by atoms with Crippen molar-refractivity contribution in [1.29, 1.82) is 0 Å². The van der Waals surface area contributed by atoms with Gasteiger partial charge in [0.25, 0.3) is 11.6 Å². The summed E-state index contributed by atoms with van der Waals surface area (Å²) in [5.41, 5.74) is 1.78. The largest absolute Gasteiger partial charge is 0.371 e. The van der Waals surface area contributed by atoms with Gasteiger partial charge in [-0.3, -0.25) is 19.7 Å². The molecule has 10 heteroatoms. The number of rotatable bonds is 5. The minimum Gasteiger partial charge on any atom is -0.371 e. The molecule has 0 aromatic heterocycles. The first-order valence-electron chi connectivity index (χ1n) is 12.2. The Balaban J connectivity index is 1.48. The van der Waals surface area contributed by atoms with Crippen molar-refractivity contribution in [2.75, 3.05) is 54.4 Å². The van der Waals surface area contributed by atoms with Crippen LogP contribution >= 0.6 is 11.6 Å². The van der Waals surface area contributed by atoms with E-state index >= 15 is 0 Å². The summed E-state index contributed by atoms with van der Waals surface area (Å²) in [6.45, 7) is 9.97. The predicted octanol–water partition coefficient (Wildman–Crippen LogP) is 4.80. The predicted molar refractivity (Wildman–Crippen MR) is 142 cm³/mol. The molecule has 0 atom stereocenters. The Morgan fingerprint density at radius 2 is 1.53 bits per heavy atom. The Bertz CT molecular complexity index is 1170. The number of anilines is 3. The van der Waals surface area contributed by atoms with E-state index in [0.29, 0.717) is 42.6 Å². The molecule has 2 aromatic rings. The molecular formula is C26H32ClN5O4. The number of carbonyl (C=O) groups excluding carboxylic acids is 2. The number of nitrogens with zero attached hydrogens (tertiary/aromatic N) is 4. The normalized spacial score (nSPS) is 16.3. The van der Waals surface area contributed by atoms with E-state index in [9.17, 15) is 19.7 Å². The summed E-state index contributed by atoms with van der Waals surface area (Å²) in [6.07, 6.45) is 2.04. The average molecular weight is 514 g/mol. The molecule has 2 fully saturated rings. The maximum Gasteiger partial charge on any atom is 0.270 e. The van der Waals surface area contributed by atoms with Crippen LogP contribution in [0.2, 0.25) is 5.02 Å². The number of piperazine rings is 1. The maximum atomic E-state index is 13.2. The van der Waals surface area contributed by atoms with Gasteiger partial charge in [0.2, 0.25) is 5.91 Å². The zero-order valence-corrected chi connectivity index (χ0v) is 21.7. The summed E-state index contributed by atoms with van der Waals surface area (Å²) in [6, 6.07) is 9.74. The van der Waals surface area contributed by atoms with E-state index in [0.717, 1.165) is 31.6 Å². The second-order valence-corrected chi connectivity index (χ2v) is 10.7. The van der Waals surface area contributed by atoms with Crippen molar-refractivity contribution in [3.05, 3.63) is 57.1 Å². The van der Waals surface area contributed by atoms with Gasteiger partial charge in [0.05, 0.1) is 26.9 Å². The van der Waals surface area contributed by atoms with Gasteiger partial charge >= 0.3 is 0 Å². The Hall–Kier alpha value is -3.33. The number of carbonyl (C=O) groups is 2. The summed E-state index contributed by atoms with van der Waals surface area (Å²) in [4.78, 5) is 42.7. The molecular weight excluding hydrogens is 482 g/mol. The highest BCUT2D eigenvalue weighted by atomic mass is 35.5. The van der Waals surface area contributed by atoms with Gasteiger partial charge in [-0.2, -0.15) is 0 Å². The highest BCUT2D eigenvalue weighted by Gasteiger charge is 2.30. The number of nitro groups is 1. The first kappa shape index (κ1) is 25.8. The van der Waals surface area contributed by atoms with E-state index in [4.69, 9.17) is 11.6 Å². The van der Waals surface area contributed by atoms with Gasteiger partial charge in [-0.05, 0) is 37.1 Å². The number of halogens is 1. The molecule has 2 aliphatic rings. The second-order valence-electron chi connectivity index (χ2n) is 10.3. The van der Waals surface area contributed by atoms with Crippen LogP contribution in [0.25, 0.3) is 0 Å². The van der Waals surface area contributed by atoms with Crippen molar-refractivity contribution in [2.24, 2.45) is 5.41 Å². The van der Waals surface area contributed by atoms with E-state index in [1.54, 1.807) is 18.2 Å². The molecule has 2 aliphatic heterocycles. The molecule has 9 nitrogen and oxygen atoms in total. The number of hydrogen-bond donors (Lipinski definition) is 1. The molecule has 2 amide bonds. The van der Waals surface area contributed by atoms with Crippen molar-refractivity contribution >= 4 is 46.2 Å². The van der Waals surface area contributed by atoms with Crippen LogP contribution in [0.3, 0.4) is 0 Å². The van der Waals surface area contributed by atoms with Crippen LogP contribution < -0.4 is 15.1 Å². The van der Waals surface area contributed by atoms with Crippen molar-refractivity contribution in [2.45, 2.75) is 33.6 Å². The van der Waals surface area contributed by atoms with E-state index in [-0.39, 0.29) is 17.2 Å². The van der Waals surface area contributed by atoms with Crippen LogP contribution in [-0.4, -0.2) is 60.9 Å². The van der Waals surface area contributed by atoms with E-state index in [2.05, 4.69) is 15.1 Å². The summed E-state index contributed by atoms with van der Waals surface area (Å²) < 4.78 is 0. The summed E-state index contributed by atoms with van der Waals surface area (Å²) >= 11 is 6.59. The number of benzene rings is 2. The topological polar surface area (TPSA) is 99.0 Å². The van der Waals surface area contributed by atoms with Crippen LogP contribution in [0.5, 0.6) is 0 Å². The van der Waals surface area contributed by atoms with Gasteiger partial charge in [-0.15, -0.1) is 0 Å². The number of hydrogen-bond acceptors (Lipinski definition) is 6. The van der Waals surface area contributed by atoms with Crippen molar-refractivity contribution in [3.63, 3.8) is 0 Å². The molecule has 0 unspecified atom stereocenters. The summed E-state index contributed by atoms with van der Waals surface area (Å²) in [5, 5.41) is 14.7. The smallest absolute Gasteiger partial charge is 0.270 e. The summed E-state index contributed by atoms with van der Waals surface area (Å²) in [7, 11) is 0. The van der Waals surface area contributed by atoms with E-state index in [1.165, 1.54) is 12.1 Å². The van der Waals surface area contributed by atoms with Crippen molar-refractivity contribution < 1.29 is 14.5 Å². The third-order valence-corrected chi connectivity index (χ3v) is 6.94. The first-order chi connectivity index (χ1) is 17.0. The van der Waals surface area contributed by atoms with Gasteiger partial charge < -0.3 is 20.0 Å². The monoisotopic (exact) mass is 513 g/mol. The zero-order chi connectivity index (χ0) is 26.0. The first-order valence-corrected chi connectivity index (χ1v) is 12.6. The van der Waals surface area contributed by atoms with Crippen LogP contribution in [0.4, 0.5) is 22.7 Å². The van der Waals surface area contributed by atoms with Crippen LogP contribution in [0.1, 0.15) is 44.0 Å². The van der Waals surface area contributed by atoms with Gasteiger partial charge in [-0.25, -0.2) is 0 Å². The van der Waals surface area contributed by atoms with Gasteiger partial charge in [0.1, 0.15) is 0 Å². The average Bonchev–Trinajstić information content (AvgIpc) is 3.38. The lowest BCUT2D eigenvalue weighted by atomic mass is 9.94. The molecule has 0 bridgehead atoms. The number of non-ortho nitro benzene ring substituents is 1. The summed E-state index contributed by atoms with van der Waals surface area (Å²) in [5.74, 6) is -0.278. The molecule has 1 N–H and O–H groups in total. The van der Waals surface area contributed by atoms with Crippen LogP contribution in [-0.2, 0) is 4.79 Å². The van der Waals surface area contributed by atoms with E-state index < -0.39 is 16.2 Å². The molecule has 0 spiro atoms. The quantitative estimate of drug-likeness (QED) is 0.455. The lowest BCUT2D eigenvalue weighted by Crippen LogP contribution is -2.51. The third kappa shape index (κ3) is 5.56. The SMILES string of the molecule is CC(C)(C)C(=O)N1CCN(c2ccc(NC(=O)c3cc([N+](=O)[O-])ccc3N3CCCC3)cc2Cl)CC1. The lowest BCUT2D eigenvalue weighted by molar-refractivity contribution is -0.384. The molecule has 192 valence electrons. The standard InChI is InChI=1S/C26H32ClN5O4/c1-26(2,3)25(34)31-14-12-30(13-15-31)23-8-6-18(16-21(23)27)28-24(33)20-17-19(32(35)36)7-9-22(20)29-10-4-5-11-29/h6-9,16-17H,4-5,10-15H2,1-3H3,(H,28,33). The Morgan fingerprint density at radius 3 is 2.11 bits per heavy atom. The highest BCUT2D eigenvalue weighted by Crippen LogP contribution is 2.32. The molecule has 2 aromatic carbocycles. The fraction of sp³-hybridized carbons (Fsp3) is 0.462. The number of amides is 2. The zero-order valence-electron chi connectivity index (χ0n) is 20.9. The third-order valence-electron chi connectivity index (χ3n) is 6.64. The molecule has 2 heterocycles. The molecule has 0 saturated carbocycles. The molecule has 36 heavy (non-hydrogen) atoms. The second kappa shape index (κ2) is 10.3. The highest BCUT2D eigenvalue weighted by molar-refractivity contribution is 6.33. The lowest BCUT2D eigenvalue weighted by Gasteiger charge is -2.39. The van der Waals surface area contributed by atoms with Crippen molar-refractivity contribution in [1.82, 2.24) is 4.90 Å². The Kier molecular flexibility index (Phi) is 7.40. The van der Waals surface area contributed by atoms with Gasteiger partial charge in [-0.1, -0.05) is 32.4 Å². The Morgan fingerprint density at radius 1 is 0.917 bits per heavy atom. The molecule has 0 aliphatic carbocycles. The molecule has 4 rings (SSSR count). The number of nitrogens with one attached hydrogen (secondary N) is 1. The van der Waals surface area contributed by atoms with Crippen LogP contribution in [0.15, 0.2) is 36.4 Å². The molecule has 0 radical (unpaired) electrons. The maximum absolute atomic E-state index is 13.2. The minimum absolute atomic E-state index is 0.124. The van der Waals surface area contributed by atoms with Crippen LogP contribution in [0, 0.1) is 15.5 Å². The van der Waals surface area contributed by atoms with Crippen molar-refractivity contribution in [3.8, 4) is 0 Å². The van der Waals surface area contributed by atoms with E-state index in [1.807, 2.05) is 31.7 Å². The van der Waals surface area contributed by atoms with Gasteiger partial charge in [0.15, 0.2) is 0 Å². The minimum atomic E-state index is -0.495. The fourth-order valence-electron chi connectivity index (χ4n) is 4.72. The molecule has 2 saturated heterocycles. The number of nitro benzene ring substituents is 1. The Labute approximate surface area is 216 Å². The van der Waals surface area contributed by atoms with Gasteiger partial charge in [0, 0.05) is 62.5 Å².